The van der Waals surface area contributed by atoms with Gasteiger partial charge in [-0.15, -0.1) is 0 Å². The van der Waals surface area contributed by atoms with Gasteiger partial charge >= 0.3 is 0 Å². The van der Waals surface area contributed by atoms with Crippen LogP contribution in [-0.2, 0) is 5.41 Å². The van der Waals surface area contributed by atoms with Crippen molar-refractivity contribution in [2.45, 2.75) is 50.7 Å². The number of aromatic nitrogens is 5. The monoisotopic (exact) mass is 794 g/mol. The van der Waals surface area contributed by atoms with E-state index in [0.717, 1.165) is 85.1 Å². The Hall–Kier alpha value is -7.31. The summed E-state index contributed by atoms with van der Waals surface area (Å²) >= 11 is 0. The van der Waals surface area contributed by atoms with Crippen LogP contribution in [0.3, 0.4) is 0 Å². The van der Waals surface area contributed by atoms with Crippen LogP contribution in [0, 0.1) is 0 Å². The fourth-order valence-corrected chi connectivity index (χ4v) is 10.3. The van der Waals surface area contributed by atoms with Gasteiger partial charge in [0.2, 0.25) is 5.78 Å². The Morgan fingerprint density at radius 3 is 2.11 bits per heavy atom. The van der Waals surface area contributed by atoms with Crippen LogP contribution in [0.25, 0.3) is 89.3 Å². The van der Waals surface area contributed by atoms with Gasteiger partial charge in [-0.1, -0.05) is 118 Å². The second kappa shape index (κ2) is 12.8. The van der Waals surface area contributed by atoms with Crippen LogP contribution in [-0.4, -0.2) is 23.9 Å². The largest absolute Gasteiger partial charge is 0.456 e. The maximum atomic E-state index is 10.4. The highest BCUT2D eigenvalue weighted by Crippen LogP contribution is 2.56. The molecular weight excluding hydrogens is 747 g/mol. The fraction of sp³-hybridized carbons (Fsp3) is 0.145. The van der Waals surface area contributed by atoms with Crippen LogP contribution in [0.2, 0.25) is 0 Å². The van der Waals surface area contributed by atoms with E-state index in [1.807, 2.05) is 89.6 Å². The van der Waals surface area contributed by atoms with E-state index in [1.165, 1.54) is 0 Å². The van der Waals surface area contributed by atoms with E-state index in [2.05, 4.69) is 45.8 Å². The predicted molar refractivity (Wildman–Crippen MR) is 246 cm³/mol. The molecule has 1 fully saturated rings. The van der Waals surface area contributed by atoms with Crippen molar-refractivity contribution >= 4 is 27.8 Å². The van der Waals surface area contributed by atoms with Crippen molar-refractivity contribution in [3.8, 4) is 73.0 Å². The Balaban J connectivity index is 1.22. The van der Waals surface area contributed by atoms with Gasteiger partial charge in [-0.3, -0.25) is 8.97 Å². The van der Waals surface area contributed by atoms with E-state index >= 15 is 0 Å². The van der Waals surface area contributed by atoms with E-state index in [4.69, 9.17) is 14.7 Å². The van der Waals surface area contributed by atoms with Crippen LogP contribution in [0.15, 0.2) is 158 Å². The fourth-order valence-electron chi connectivity index (χ4n) is 10.3. The molecule has 0 N–H and O–H groups in total. The molecule has 6 heteroatoms. The molecule has 0 bridgehead atoms. The first-order chi connectivity index (χ1) is 32.9. The third-order valence-electron chi connectivity index (χ3n) is 13.1. The minimum atomic E-state index is -3.10. The molecule has 13 rings (SSSR count). The molecule has 61 heavy (non-hydrogen) atoms. The van der Waals surface area contributed by atoms with Gasteiger partial charge in [-0.05, 0) is 112 Å². The molecule has 10 aromatic rings. The smallest absolute Gasteiger partial charge is 0.220 e. The maximum absolute atomic E-state index is 10.4. The second-order valence-electron chi connectivity index (χ2n) is 16.4. The van der Waals surface area contributed by atoms with E-state index < -0.39 is 25.0 Å². The quantitative estimate of drug-likeness (QED) is 0.179. The number of hydrogen-bond acceptors (Lipinski definition) is 4. The molecule has 3 aliphatic rings. The molecule has 0 atom stereocenters. The first kappa shape index (κ1) is 28.2. The number of ether oxygens (including phenoxy) is 1. The lowest BCUT2D eigenvalue weighted by atomic mass is 9.73. The van der Waals surface area contributed by atoms with Gasteiger partial charge in [0.05, 0.1) is 33.4 Å². The van der Waals surface area contributed by atoms with Crippen molar-refractivity contribution in [3.05, 3.63) is 175 Å². The standard InChI is InChI=1S/C55H41N5O/c1-55(2)45-21-9-14-26-51(45)61-53-43(27-34(28-46(53)55)59-49-24-12-13-25-50(49)60-48-23-11-10-22-47(48)58-54(59)60)42-30-41-37-19-7-8-20-38(37)52-44(31-56-32-57-52)36-18-6-5-17-35(36)40(41)29-39(42)33-15-3-4-16-33/h5-14,17-33H,3-4,15-16H2,1-2H3/i1D3,2D3,33D. The summed E-state index contributed by atoms with van der Waals surface area (Å²) in [6, 6.07) is 46.8. The predicted octanol–water partition coefficient (Wildman–Crippen LogP) is 14.0. The van der Waals surface area contributed by atoms with Crippen molar-refractivity contribution in [2.24, 2.45) is 0 Å². The van der Waals surface area contributed by atoms with Gasteiger partial charge in [0, 0.05) is 49.0 Å². The molecule has 292 valence electrons. The summed E-state index contributed by atoms with van der Waals surface area (Å²) in [7, 11) is 0. The number of rotatable bonds is 3. The molecule has 0 spiro atoms. The van der Waals surface area contributed by atoms with Crippen LogP contribution in [0.4, 0.5) is 0 Å². The summed E-state index contributed by atoms with van der Waals surface area (Å²) in [4.78, 5) is 14.5. The number of para-hydroxylation sites is 5. The zero-order valence-electron chi connectivity index (χ0n) is 40.0. The molecule has 7 aromatic carbocycles. The van der Waals surface area contributed by atoms with Gasteiger partial charge in [0.15, 0.2) is 0 Å². The summed E-state index contributed by atoms with van der Waals surface area (Å²) < 4.78 is 77.8. The van der Waals surface area contributed by atoms with Crippen LogP contribution < -0.4 is 4.74 Å². The highest BCUT2D eigenvalue weighted by Gasteiger charge is 2.38. The minimum absolute atomic E-state index is 0.00950. The lowest BCUT2D eigenvalue weighted by Crippen LogP contribution is -2.25. The summed E-state index contributed by atoms with van der Waals surface area (Å²) in [5.74, 6) is -0.210. The second-order valence-corrected chi connectivity index (χ2v) is 16.4. The van der Waals surface area contributed by atoms with E-state index in [0.29, 0.717) is 35.4 Å². The van der Waals surface area contributed by atoms with Crippen molar-refractivity contribution < 1.29 is 14.3 Å². The Bertz CT molecular complexity index is 3730. The average Bonchev–Trinajstić information content (AvgIpc) is 4.04. The first-order valence-electron chi connectivity index (χ1n) is 24.4. The highest BCUT2D eigenvalue weighted by atomic mass is 16.5. The number of imidazole rings is 2. The molecule has 2 aliphatic carbocycles. The van der Waals surface area contributed by atoms with Crippen molar-refractivity contribution in [3.63, 3.8) is 0 Å². The van der Waals surface area contributed by atoms with Crippen LogP contribution >= 0.6 is 0 Å². The summed E-state index contributed by atoms with van der Waals surface area (Å²) in [5, 5.41) is 0. The molecule has 6 nitrogen and oxygen atoms in total. The molecule has 0 radical (unpaired) electrons. The molecule has 4 heterocycles. The van der Waals surface area contributed by atoms with Crippen molar-refractivity contribution in [1.29, 1.82) is 0 Å². The zero-order chi connectivity index (χ0) is 46.3. The lowest BCUT2D eigenvalue weighted by Gasteiger charge is -2.36. The van der Waals surface area contributed by atoms with Gasteiger partial charge in [-0.2, -0.15) is 0 Å². The number of hydrogen-bond donors (Lipinski definition) is 0. The third kappa shape index (κ3) is 4.93. The normalized spacial score (nSPS) is 17.6. The summed E-state index contributed by atoms with van der Waals surface area (Å²) in [5.41, 5.74) is 10.4. The Kier molecular flexibility index (Phi) is 5.94. The van der Waals surface area contributed by atoms with Gasteiger partial charge < -0.3 is 4.74 Å². The van der Waals surface area contributed by atoms with E-state index in [1.54, 1.807) is 36.7 Å². The Morgan fingerprint density at radius 1 is 0.623 bits per heavy atom. The molecule has 1 saturated carbocycles. The summed E-state index contributed by atoms with van der Waals surface area (Å²) in [6.45, 7) is -6.21. The molecule has 0 amide bonds. The summed E-state index contributed by atoms with van der Waals surface area (Å²) in [6.07, 6.45) is 6.33. The molecule has 3 aromatic heterocycles. The van der Waals surface area contributed by atoms with Crippen molar-refractivity contribution in [1.82, 2.24) is 23.9 Å². The number of fused-ring (bicyclic) bond motifs is 15. The lowest BCUT2D eigenvalue weighted by molar-refractivity contribution is 0.419. The maximum Gasteiger partial charge on any atom is 0.220 e. The third-order valence-corrected chi connectivity index (χ3v) is 13.1. The number of nitrogens with zero attached hydrogens (tertiary/aromatic N) is 5. The molecule has 1 aliphatic heterocycles. The first-order valence-corrected chi connectivity index (χ1v) is 20.9. The Labute approximate surface area is 363 Å². The topological polar surface area (TPSA) is 57.2 Å². The highest BCUT2D eigenvalue weighted by molar-refractivity contribution is 6.04. The average molecular weight is 795 g/mol. The van der Waals surface area contributed by atoms with E-state index in [9.17, 15) is 9.60 Å². The van der Waals surface area contributed by atoms with E-state index in [-0.39, 0.29) is 22.6 Å². The molecular formula is C55H41N5O. The van der Waals surface area contributed by atoms with Gasteiger partial charge in [0.1, 0.15) is 17.8 Å². The van der Waals surface area contributed by atoms with Crippen LogP contribution in [0.1, 0.15) is 71.6 Å². The zero-order valence-corrected chi connectivity index (χ0v) is 33.0. The number of benzene rings is 7. The SMILES string of the molecule is [2H]C1(c2cc3c(cc2-c2cc(-n4c5ccccc5n5c6ccccc6nc45)cc4c2Oc2ccccc2C4(C([2H])([2H])[2H])C([2H])([2H])[2H])-c2ccccc2-c2ncncc2-c2ccccc2-3)CCCC1. The van der Waals surface area contributed by atoms with Crippen LogP contribution in [0.5, 0.6) is 11.5 Å². The van der Waals surface area contributed by atoms with Gasteiger partial charge in [0.25, 0.3) is 0 Å². The minimum Gasteiger partial charge on any atom is -0.456 e. The molecule has 0 unspecified atom stereocenters. The Morgan fingerprint density at radius 2 is 1.30 bits per heavy atom. The molecule has 0 saturated heterocycles. The van der Waals surface area contributed by atoms with Crippen molar-refractivity contribution in [2.75, 3.05) is 0 Å². The van der Waals surface area contributed by atoms with Gasteiger partial charge in [-0.25, -0.2) is 15.0 Å².